The Hall–Kier alpha value is -1.30. The van der Waals surface area contributed by atoms with E-state index in [2.05, 4.69) is 21.2 Å². The first-order chi connectivity index (χ1) is 8.78. The van der Waals surface area contributed by atoms with Crippen molar-refractivity contribution < 1.29 is 9.53 Å². The Labute approximate surface area is 121 Å². The number of nitrogens with one attached hydrogen (secondary N) is 1. The van der Waals surface area contributed by atoms with Gasteiger partial charge in [-0.05, 0) is 49.2 Å². The van der Waals surface area contributed by atoms with E-state index in [9.17, 15) is 9.59 Å². The molecule has 5 nitrogen and oxygen atoms in total. The first kappa shape index (κ1) is 15.8. The molecule has 0 spiro atoms. The highest BCUT2D eigenvalue weighted by Crippen LogP contribution is 2.06. The first-order valence-electron chi connectivity index (χ1n) is 6.11. The van der Waals surface area contributed by atoms with E-state index in [0.29, 0.717) is 19.5 Å². The van der Waals surface area contributed by atoms with E-state index < -0.39 is 11.7 Å². The Bertz CT molecular complexity index is 491. The lowest BCUT2D eigenvalue weighted by molar-refractivity contribution is 0.0526. The van der Waals surface area contributed by atoms with Crippen molar-refractivity contribution in [3.05, 3.63) is 33.2 Å². The van der Waals surface area contributed by atoms with Crippen LogP contribution in [0.25, 0.3) is 0 Å². The number of carbonyl (C=O) groups is 1. The Kier molecular flexibility index (Phi) is 5.60. The summed E-state index contributed by atoms with van der Waals surface area (Å²) in [6.07, 6.45) is 1.96. The zero-order valence-electron chi connectivity index (χ0n) is 11.4. The third-order valence-electron chi connectivity index (χ3n) is 2.19. The van der Waals surface area contributed by atoms with E-state index in [1.54, 1.807) is 16.8 Å². The Morgan fingerprint density at radius 1 is 1.42 bits per heavy atom. The highest BCUT2D eigenvalue weighted by molar-refractivity contribution is 9.10. The van der Waals surface area contributed by atoms with Gasteiger partial charge in [-0.3, -0.25) is 4.79 Å². The molecule has 0 unspecified atom stereocenters. The average Bonchev–Trinajstić information content (AvgIpc) is 2.26. The molecular weight excluding hydrogens is 312 g/mol. The van der Waals surface area contributed by atoms with Crippen molar-refractivity contribution in [2.75, 3.05) is 6.54 Å². The topological polar surface area (TPSA) is 60.3 Å². The van der Waals surface area contributed by atoms with E-state index in [1.165, 1.54) is 6.07 Å². The Morgan fingerprint density at radius 2 is 2.11 bits per heavy atom. The van der Waals surface area contributed by atoms with Gasteiger partial charge in [-0.25, -0.2) is 4.79 Å². The van der Waals surface area contributed by atoms with Crippen molar-refractivity contribution in [3.8, 4) is 0 Å². The maximum atomic E-state index is 11.5. The lowest BCUT2D eigenvalue weighted by Gasteiger charge is -2.19. The van der Waals surface area contributed by atoms with Gasteiger partial charge in [0.25, 0.3) is 5.56 Å². The molecule has 1 heterocycles. The number of amides is 1. The number of alkyl carbamates (subject to hydrolysis) is 1. The molecule has 19 heavy (non-hydrogen) atoms. The standard InChI is InChI=1S/C13H19BrN2O3/c1-13(2,3)19-12(18)15-7-4-8-16-9-10(14)5-6-11(16)17/h5-6,9H,4,7-8H2,1-3H3,(H,15,18). The molecule has 1 aromatic heterocycles. The number of aromatic nitrogens is 1. The summed E-state index contributed by atoms with van der Waals surface area (Å²) in [7, 11) is 0. The molecular formula is C13H19BrN2O3. The number of halogens is 1. The molecule has 0 atom stereocenters. The normalized spacial score (nSPS) is 11.2. The maximum Gasteiger partial charge on any atom is 0.407 e. The van der Waals surface area contributed by atoms with E-state index in [4.69, 9.17) is 4.74 Å². The number of hydrogen-bond acceptors (Lipinski definition) is 3. The summed E-state index contributed by atoms with van der Waals surface area (Å²) in [5.74, 6) is 0. The lowest BCUT2D eigenvalue weighted by Crippen LogP contribution is -2.33. The summed E-state index contributed by atoms with van der Waals surface area (Å²) in [5.41, 5.74) is -0.550. The minimum Gasteiger partial charge on any atom is -0.444 e. The predicted molar refractivity (Wildman–Crippen MR) is 77.3 cm³/mol. The van der Waals surface area contributed by atoms with Gasteiger partial charge in [0.2, 0.25) is 0 Å². The molecule has 1 aromatic rings. The fraction of sp³-hybridized carbons (Fsp3) is 0.538. The molecule has 0 saturated carbocycles. The molecule has 0 aliphatic heterocycles. The van der Waals surface area contributed by atoms with Gasteiger partial charge in [0.05, 0.1) is 0 Å². The van der Waals surface area contributed by atoms with Crippen LogP contribution in [0.2, 0.25) is 0 Å². The molecule has 0 saturated heterocycles. The van der Waals surface area contributed by atoms with Gasteiger partial charge < -0.3 is 14.6 Å². The average molecular weight is 331 g/mol. The monoisotopic (exact) mass is 330 g/mol. The molecule has 1 rings (SSSR count). The number of aryl methyl sites for hydroxylation is 1. The van der Waals surface area contributed by atoms with Gasteiger partial charge in [-0.2, -0.15) is 0 Å². The second kappa shape index (κ2) is 6.75. The quantitative estimate of drug-likeness (QED) is 0.863. The van der Waals surface area contributed by atoms with Crippen LogP contribution in [0.1, 0.15) is 27.2 Å². The molecule has 6 heteroatoms. The molecule has 0 bridgehead atoms. The van der Waals surface area contributed by atoms with Gasteiger partial charge in [-0.15, -0.1) is 0 Å². The van der Waals surface area contributed by atoms with Crippen LogP contribution in [0.3, 0.4) is 0 Å². The van der Waals surface area contributed by atoms with Crippen molar-refractivity contribution in [2.45, 2.75) is 39.3 Å². The largest absolute Gasteiger partial charge is 0.444 e. The number of hydrogen-bond donors (Lipinski definition) is 1. The highest BCUT2D eigenvalue weighted by Gasteiger charge is 2.15. The summed E-state index contributed by atoms with van der Waals surface area (Å²) in [4.78, 5) is 22.9. The van der Waals surface area contributed by atoms with E-state index in [1.807, 2.05) is 20.8 Å². The molecule has 0 aromatic carbocycles. The number of rotatable bonds is 4. The molecule has 1 amide bonds. The third-order valence-corrected chi connectivity index (χ3v) is 2.66. The van der Waals surface area contributed by atoms with Crippen LogP contribution in [0.15, 0.2) is 27.6 Å². The minimum atomic E-state index is -0.495. The van der Waals surface area contributed by atoms with E-state index >= 15 is 0 Å². The van der Waals surface area contributed by atoms with Gasteiger partial charge >= 0.3 is 6.09 Å². The SMILES string of the molecule is CC(C)(C)OC(=O)NCCCn1cc(Br)ccc1=O. The zero-order chi connectivity index (χ0) is 14.5. The number of carbonyl (C=O) groups excluding carboxylic acids is 1. The smallest absolute Gasteiger partial charge is 0.407 e. The van der Waals surface area contributed by atoms with Crippen LogP contribution in [-0.2, 0) is 11.3 Å². The number of nitrogens with zero attached hydrogens (tertiary/aromatic N) is 1. The van der Waals surface area contributed by atoms with Crippen molar-refractivity contribution >= 4 is 22.0 Å². The zero-order valence-corrected chi connectivity index (χ0v) is 13.0. The molecule has 0 aliphatic carbocycles. The summed E-state index contributed by atoms with van der Waals surface area (Å²) < 4.78 is 7.56. The van der Waals surface area contributed by atoms with E-state index in [-0.39, 0.29) is 5.56 Å². The number of pyridine rings is 1. The summed E-state index contributed by atoms with van der Waals surface area (Å²) in [5, 5.41) is 2.66. The van der Waals surface area contributed by atoms with Crippen LogP contribution in [0.5, 0.6) is 0 Å². The predicted octanol–water partition coefficient (Wildman–Crippen LogP) is 2.53. The minimum absolute atomic E-state index is 0.0551. The van der Waals surface area contributed by atoms with Crippen molar-refractivity contribution in [2.24, 2.45) is 0 Å². The van der Waals surface area contributed by atoms with Crippen LogP contribution in [0, 0.1) is 0 Å². The van der Waals surface area contributed by atoms with Gasteiger partial charge in [-0.1, -0.05) is 0 Å². The van der Waals surface area contributed by atoms with Crippen molar-refractivity contribution in [1.29, 1.82) is 0 Å². The lowest BCUT2D eigenvalue weighted by atomic mass is 10.2. The highest BCUT2D eigenvalue weighted by atomic mass is 79.9. The van der Waals surface area contributed by atoms with Crippen molar-refractivity contribution in [1.82, 2.24) is 9.88 Å². The summed E-state index contributed by atoms with van der Waals surface area (Å²) >= 11 is 3.31. The number of ether oxygens (including phenoxy) is 1. The summed E-state index contributed by atoms with van der Waals surface area (Å²) in [6.45, 7) is 6.46. The van der Waals surface area contributed by atoms with Crippen LogP contribution in [0.4, 0.5) is 4.79 Å². The van der Waals surface area contributed by atoms with Crippen molar-refractivity contribution in [3.63, 3.8) is 0 Å². The van der Waals surface area contributed by atoms with Gasteiger partial charge in [0.1, 0.15) is 5.60 Å². The molecule has 0 aliphatic rings. The van der Waals surface area contributed by atoms with Crippen LogP contribution < -0.4 is 10.9 Å². The maximum absolute atomic E-state index is 11.5. The van der Waals surface area contributed by atoms with E-state index in [0.717, 1.165) is 4.47 Å². The fourth-order valence-corrected chi connectivity index (χ4v) is 1.81. The first-order valence-corrected chi connectivity index (χ1v) is 6.90. The molecule has 1 N–H and O–H groups in total. The Morgan fingerprint density at radius 3 is 2.74 bits per heavy atom. The van der Waals surface area contributed by atoms with Gasteiger partial charge in [0.15, 0.2) is 0 Å². The van der Waals surface area contributed by atoms with Gasteiger partial charge in [0, 0.05) is 29.8 Å². The fourth-order valence-electron chi connectivity index (χ4n) is 1.43. The molecule has 0 radical (unpaired) electrons. The summed E-state index contributed by atoms with van der Waals surface area (Å²) in [6, 6.07) is 3.21. The molecule has 106 valence electrons. The molecule has 0 fully saturated rings. The Balaban J connectivity index is 2.33. The second-order valence-electron chi connectivity index (χ2n) is 5.16. The second-order valence-corrected chi connectivity index (χ2v) is 6.08. The van der Waals surface area contributed by atoms with Crippen LogP contribution in [-0.4, -0.2) is 22.8 Å². The third kappa shape index (κ3) is 6.42. The van der Waals surface area contributed by atoms with Crippen LogP contribution >= 0.6 is 15.9 Å².